The molecule has 156 valence electrons. The standard InChI is InChI=1S/C24H36O4/c1-3-5-7-11-19(25)17-27-23-15-16-24(22-14-10-9-13-21(22)23)28-18-20(26)12-8-6-4-2/h9-10,13-16,19-20,25-26H,3-8,11-12,17-18H2,1-2H3. The maximum atomic E-state index is 10.1. The number of rotatable bonds is 14. The average Bonchev–Trinajstić information content (AvgIpc) is 2.71. The molecule has 0 saturated carbocycles. The molecular weight excluding hydrogens is 352 g/mol. The van der Waals surface area contributed by atoms with Crippen molar-refractivity contribution in [2.45, 2.75) is 77.4 Å². The van der Waals surface area contributed by atoms with E-state index in [0.29, 0.717) is 13.2 Å². The topological polar surface area (TPSA) is 58.9 Å². The van der Waals surface area contributed by atoms with Crippen molar-refractivity contribution in [2.24, 2.45) is 0 Å². The summed E-state index contributed by atoms with van der Waals surface area (Å²) >= 11 is 0. The van der Waals surface area contributed by atoms with Crippen molar-refractivity contribution in [3.05, 3.63) is 36.4 Å². The van der Waals surface area contributed by atoms with Crippen LogP contribution in [0.15, 0.2) is 36.4 Å². The van der Waals surface area contributed by atoms with Gasteiger partial charge in [0.1, 0.15) is 24.7 Å². The molecule has 2 atom stereocenters. The molecule has 2 N–H and O–H groups in total. The highest BCUT2D eigenvalue weighted by atomic mass is 16.5. The third kappa shape index (κ3) is 7.33. The zero-order chi connectivity index (χ0) is 20.2. The lowest BCUT2D eigenvalue weighted by Gasteiger charge is -2.17. The molecule has 4 heteroatoms. The zero-order valence-corrected chi connectivity index (χ0v) is 17.4. The summed E-state index contributed by atoms with van der Waals surface area (Å²) in [7, 11) is 0. The SMILES string of the molecule is CCCCCC(O)COc1ccc(OCC(O)CCCCC)c2ccccc12. The summed E-state index contributed by atoms with van der Waals surface area (Å²) in [4.78, 5) is 0. The van der Waals surface area contributed by atoms with Gasteiger partial charge in [0.05, 0.1) is 12.2 Å². The van der Waals surface area contributed by atoms with Crippen LogP contribution in [0.5, 0.6) is 11.5 Å². The van der Waals surface area contributed by atoms with E-state index in [9.17, 15) is 10.2 Å². The maximum absolute atomic E-state index is 10.1. The first-order valence-corrected chi connectivity index (χ1v) is 10.8. The summed E-state index contributed by atoms with van der Waals surface area (Å²) in [5, 5.41) is 22.2. The second kappa shape index (κ2) is 12.6. The monoisotopic (exact) mass is 388 g/mol. The van der Waals surface area contributed by atoms with E-state index >= 15 is 0 Å². The van der Waals surface area contributed by atoms with Crippen LogP contribution in [0.2, 0.25) is 0 Å². The van der Waals surface area contributed by atoms with Crippen LogP contribution in [-0.4, -0.2) is 35.6 Å². The molecule has 0 saturated heterocycles. The molecule has 2 unspecified atom stereocenters. The van der Waals surface area contributed by atoms with E-state index in [4.69, 9.17) is 9.47 Å². The van der Waals surface area contributed by atoms with Crippen LogP contribution in [0, 0.1) is 0 Å². The highest BCUT2D eigenvalue weighted by molar-refractivity contribution is 5.93. The van der Waals surface area contributed by atoms with Crippen molar-refractivity contribution in [3.63, 3.8) is 0 Å². The fourth-order valence-electron chi connectivity index (χ4n) is 3.29. The van der Waals surface area contributed by atoms with Crippen molar-refractivity contribution in [2.75, 3.05) is 13.2 Å². The molecule has 0 heterocycles. The van der Waals surface area contributed by atoms with Gasteiger partial charge in [-0.3, -0.25) is 0 Å². The minimum Gasteiger partial charge on any atom is -0.490 e. The van der Waals surface area contributed by atoms with Crippen LogP contribution in [0.1, 0.15) is 65.2 Å². The largest absolute Gasteiger partial charge is 0.490 e. The summed E-state index contributed by atoms with van der Waals surface area (Å²) in [5.74, 6) is 1.50. The highest BCUT2D eigenvalue weighted by Crippen LogP contribution is 2.33. The van der Waals surface area contributed by atoms with Crippen LogP contribution in [0.3, 0.4) is 0 Å². The lowest BCUT2D eigenvalue weighted by atomic mass is 10.1. The molecule has 0 aliphatic heterocycles. The Balaban J connectivity index is 1.97. The molecule has 0 aliphatic carbocycles. The molecule has 28 heavy (non-hydrogen) atoms. The first kappa shape index (κ1) is 22.5. The fourth-order valence-corrected chi connectivity index (χ4v) is 3.29. The summed E-state index contributed by atoms with van der Waals surface area (Å²) < 4.78 is 11.8. The zero-order valence-electron chi connectivity index (χ0n) is 17.4. The van der Waals surface area contributed by atoms with Crippen LogP contribution in [-0.2, 0) is 0 Å². The Morgan fingerprint density at radius 2 is 1.11 bits per heavy atom. The smallest absolute Gasteiger partial charge is 0.127 e. The van der Waals surface area contributed by atoms with Crippen LogP contribution >= 0.6 is 0 Å². The number of ether oxygens (including phenoxy) is 2. The Labute approximate surface area is 169 Å². The van der Waals surface area contributed by atoms with Gasteiger partial charge in [0.25, 0.3) is 0 Å². The maximum Gasteiger partial charge on any atom is 0.127 e. The molecule has 4 nitrogen and oxygen atoms in total. The van der Waals surface area contributed by atoms with Gasteiger partial charge in [-0.25, -0.2) is 0 Å². The molecule has 2 aromatic rings. The summed E-state index contributed by atoms with van der Waals surface area (Å²) in [6, 6.07) is 11.7. The van der Waals surface area contributed by atoms with E-state index in [1.165, 1.54) is 0 Å². The molecule has 2 aromatic carbocycles. The Morgan fingerprint density at radius 3 is 1.50 bits per heavy atom. The number of aliphatic hydroxyl groups excluding tert-OH is 2. The Kier molecular flexibility index (Phi) is 10.2. The van der Waals surface area contributed by atoms with E-state index < -0.39 is 12.2 Å². The molecule has 0 aromatic heterocycles. The Morgan fingerprint density at radius 1 is 0.679 bits per heavy atom. The number of hydrogen-bond donors (Lipinski definition) is 2. The number of benzene rings is 2. The molecule has 0 aliphatic rings. The minimum absolute atomic E-state index is 0.296. The minimum atomic E-state index is -0.445. The van der Waals surface area contributed by atoms with E-state index in [1.54, 1.807) is 0 Å². The third-order valence-electron chi connectivity index (χ3n) is 4.99. The van der Waals surface area contributed by atoms with Crippen LogP contribution in [0.4, 0.5) is 0 Å². The van der Waals surface area contributed by atoms with Gasteiger partial charge in [0.2, 0.25) is 0 Å². The van der Waals surface area contributed by atoms with E-state index in [2.05, 4.69) is 13.8 Å². The van der Waals surface area contributed by atoms with Gasteiger partial charge in [0.15, 0.2) is 0 Å². The van der Waals surface area contributed by atoms with Gasteiger partial charge in [0, 0.05) is 10.8 Å². The highest BCUT2D eigenvalue weighted by Gasteiger charge is 2.12. The average molecular weight is 389 g/mol. The predicted molar refractivity (Wildman–Crippen MR) is 115 cm³/mol. The van der Waals surface area contributed by atoms with Gasteiger partial charge >= 0.3 is 0 Å². The van der Waals surface area contributed by atoms with Gasteiger partial charge in [-0.15, -0.1) is 0 Å². The summed E-state index contributed by atoms with van der Waals surface area (Å²) in [6.07, 6.45) is 7.25. The van der Waals surface area contributed by atoms with Gasteiger partial charge in [-0.2, -0.15) is 0 Å². The lowest BCUT2D eigenvalue weighted by Crippen LogP contribution is -2.18. The molecule has 0 bridgehead atoms. The molecule has 0 spiro atoms. The van der Waals surface area contributed by atoms with E-state index in [0.717, 1.165) is 73.6 Å². The Bertz CT molecular complexity index is 627. The first-order valence-electron chi connectivity index (χ1n) is 10.8. The molecule has 2 rings (SSSR count). The number of aliphatic hydroxyl groups is 2. The molecular formula is C24H36O4. The third-order valence-corrected chi connectivity index (χ3v) is 4.99. The number of unbranched alkanes of at least 4 members (excludes halogenated alkanes) is 4. The van der Waals surface area contributed by atoms with Crippen molar-refractivity contribution < 1.29 is 19.7 Å². The molecule has 0 radical (unpaired) electrons. The quantitative estimate of drug-likeness (QED) is 0.421. The van der Waals surface area contributed by atoms with Crippen LogP contribution < -0.4 is 9.47 Å². The Hall–Kier alpha value is -1.78. The predicted octanol–water partition coefficient (Wildman–Crippen LogP) is 5.48. The summed E-state index contributed by atoms with van der Waals surface area (Å²) in [6.45, 7) is 4.90. The fraction of sp³-hybridized carbons (Fsp3) is 0.583. The normalized spacial score (nSPS) is 13.4. The van der Waals surface area contributed by atoms with E-state index in [1.807, 2.05) is 36.4 Å². The van der Waals surface area contributed by atoms with E-state index in [-0.39, 0.29) is 0 Å². The van der Waals surface area contributed by atoms with Crippen LogP contribution in [0.25, 0.3) is 10.8 Å². The first-order chi connectivity index (χ1) is 13.7. The van der Waals surface area contributed by atoms with Gasteiger partial charge in [-0.1, -0.05) is 76.6 Å². The van der Waals surface area contributed by atoms with Crippen molar-refractivity contribution >= 4 is 10.8 Å². The molecule has 0 fully saturated rings. The number of hydrogen-bond acceptors (Lipinski definition) is 4. The van der Waals surface area contributed by atoms with Gasteiger partial charge in [-0.05, 0) is 25.0 Å². The molecule has 0 amide bonds. The lowest BCUT2D eigenvalue weighted by molar-refractivity contribution is 0.0969. The van der Waals surface area contributed by atoms with Crippen molar-refractivity contribution in [1.29, 1.82) is 0 Å². The van der Waals surface area contributed by atoms with Crippen molar-refractivity contribution in [3.8, 4) is 11.5 Å². The summed E-state index contributed by atoms with van der Waals surface area (Å²) in [5.41, 5.74) is 0. The second-order valence-corrected chi connectivity index (χ2v) is 7.53. The van der Waals surface area contributed by atoms with Gasteiger partial charge < -0.3 is 19.7 Å². The second-order valence-electron chi connectivity index (χ2n) is 7.53. The van der Waals surface area contributed by atoms with Crippen molar-refractivity contribution in [1.82, 2.24) is 0 Å². The number of fused-ring (bicyclic) bond motifs is 1.